The quantitative estimate of drug-likeness (QED) is 0.258. The Kier molecular flexibility index (Phi) is 9.71. The Bertz CT molecular complexity index is 1130. The maximum absolute atomic E-state index is 12.8. The zero-order valence-corrected chi connectivity index (χ0v) is 22.0. The summed E-state index contributed by atoms with van der Waals surface area (Å²) in [5.74, 6) is 0.570. The van der Waals surface area contributed by atoms with Gasteiger partial charge in [0.25, 0.3) is 11.8 Å². The third kappa shape index (κ3) is 7.30. The fourth-order valence-electron chi connectivity index (χ4n) is 3.50. The number of anilines is 1. The number of hydrogen-bond acceptors (Lipinski definition) is 7. The number of aryl methyl sites for hydroxylation is 2. The van der Waals surface area contributed by atoms with Crippen LogP contribution >= 0.6 is 24.0 Å². The average molecular weight is 515 g/mol. The van der Waals surface area contributed by atoms with Gasteiger partial charge < -0.3 is 19.5 Å². The highest BCUT2D eigenvalue weighted by molar-refractivity contribution is 8.26. The van der Waals surface area contributed by atoms with Crippen molar-refractivity contribution in [3.63, 3.8) is 0 Å². The lowest BCUT2D eigenvalue weighted by atomic mass is 10.1. The smallest absolute Gasteiger partial charge is 0.266 e. The van der Waals surface area contributed by atoms with Crippen molar-refractivity contribution >= 4 is 51.9 Å². The van der Waals surface area contributed by atoms with Crippen LogP contribution in [0.4, 0.5) is 5.69 Å². The van der Waals surface area contributed by atoms with E-state index in [0.717, 1.165) is 22.4 Å². The molecular weight excluding hydrogens is 484 g/mol. The Hall–Kier alpha value is -2.88. The number of methoxy groups -OCH3 is 1. The molecule has 0 unspecified atom stereocenters. The van der Waals surface area contributed by atoms with Gasteiger partial charge in [-0.3, -0.25) is 14.5 Å². The van der Waals surface area contributed by atoms with E-state index in [2.05, 4.69) is 5.32 Å². The van der Waals surface area contributed by atoms with Gasteiger partial charge in [0, 0.05) is 25.9 Å². The second-order valence-electron chi connectivity index (χ2n) is 7.97. The molecule has 0 aliphatic carbocycles. The Balaban J connectivity index is 1.67. The molecule has 1 fully saturated rings. The van der Waals surface area contributed by atoms with Gasteiger partial charge in [-0.1, -0.05) is 47.7 Å². The lowest BCUT2D eigenvalue weighted by Crippen LogP contribution is -2.29. The third-order valence-electron chi connectivity index (χ3n) is 5.18. The first-order valence-corrected chi connectivity index (χ1v) is 12.6. The summed E-state index contributed by atoms with van der Waals surface area (Å²) in [5, 5.41) is 2.87. The Morgan fingerprint density at radius 1 is 1.14 bits per heavy atom. The number of thioether (sulfide) groups is 1. The molecule has 1 N–H and O–H groups in total. The third-order valence-corrected chi connectivity index (χ3v) is 6.56. The zero-order chi connectivity index (χ0) is 25.4. The standard InChI is InChI=1S/C26H30N2O5S2/c1-5-32-22-14-19(15-23-25(30)28(26(34)35-23)11-6-12-31-4)8-10-21(22)33-16-24(29)27-20-9-7-17(2)13-18(20)3/h7-10,13-15H,5-6,11-12,16H2,1-4H3,(H,27,29)/b23-15-. The molecule has 0 atom stereocenters. The van der Waals surface area contributed by atoms with Crippen LogP contribution in [0.1, 0.15) is 30.0 Å². The highest BCUT2D eigenvalue weighted by Crippen LogP contribution is 2.35. The molecule has 7 nitrogen and oxygen atoms in total. The fourth-order valence-corrected chi connectivity index (χ4v) is 4.81. The molecule has 2 aromatic carbocycles. The number of benzene rings is 2. The summed E-state index contributed by atoms with van der Waals surface area (Å²) < 4.78 is 17.1. The number of carbonyl (C=O) groups excluding carboxylic acids is 2. The monoisotopic (exact) mass is 514 g/mol. The number of rotatable bonds is 11. The summed E-state index contributed by atoms with van der Waals surface area (Å²) >= 11 is 6.65. The SMILES string of the molecule is CCOc1cc(/C=C2\SC(=S)N(CCCOC)C2=O)ccc1OCC(=O)Nc1ccc(C)cc1C. The lowest BCUT2D eigenvalue weighted by Gasteiger charge is -2.14. The molecule has 0 bridgehead atoms. The van der Waals surface area contributed by atoms with Crippen molar-refractivity contribution in [3.05, 3.63) is 58.0 Å². The molecular formula is C26H30N2O5S2. The van der Waals surface area contributed by atoms with Crippen molar-refractivity contribution in [1.82, 2.24) is 4.90 Å². The first kappa shape index (κ1) is 26.7. The van der Waals surface area contributed by atoms with Crippen molar-refractivity contribution in [2.24, 2.45) is 0 Å². The molecule has 186 valence electrons. The van der Waals surface area contributed by atoms with Gasteiger partial charge in [-0.05, 0) is 62.6 Å². The van der Waals surface area contributed by atoms with E-state index in [9.17, 15) is 9.59 Å². The van der Waals surface area contributed by atoms with Gasteiger partial charge in [0.15, 0.2) is 18.1 Å². The first-order valence-electron chi connectivity index (χ1n) is 11.3. The number of amides is 2. The van der Waals surface area contributed by atoms with Gasteiger partial charge in [-0.2, -0.15) is 0 Å². The van der Waals surface area contributed by atoms with Crippen molar-refractivity contribution in [2.75, 3.05) is 38.8 Å². The van der Waals surface area contributed by atoms with Crippen LogP contribution < -0.4 is 14.8 Å². The van der Waals surface area contributed by atoms with Gasteiger partial charge in [-0.15, -0.1) is 0 Å². The van der Waals surface area contributed by atoms with Gasteiger partial charge in [-0.25, -0.2) is 0 Å². The van der Waals surface area contributed by atoms with E-state index in [-0.39, 0.29) is 18.4 Å². The summed E-state index contributed by atoms with van der Waals surface area (Å²) in [5.41, 5.74) is 3.65. The molecule has 9 heteroatoms. The van der Waals surface area contributed by atoms with Crippen LogP contribution in [0.25, 0.3) is 6.08 Å². The molecule has 1 aliphatic rings. The second-order valence-corrected chi connectivity index (χ2v) is 9.65. The molecule has 0 spiro atoms. The minimum absolute atomic E-state index is 0.113. The van der Waals surface area contributed by atoms with Crippen molar-refractivity contribution in [1.29, 1.82) is 0 Å². The largest absolute Gasteiger partial charge is 0.490 e. The van der Waals surface area contributed by atoms with E-state index < -0.39 is 0 Å². The predicted octanol–water partition coefficient (Wildman–Crippen LogP) is 4.96. The average Bonchev–Trinajstić information content (AvgIpc) is 3.08. The summed E-state index contributed by atoms with van der Waals surface area (Å²) in [7, 11) is 1.63. The number of nitrogens with one attached hydrogen (secondary N) is 1. The number of ether oxygens (including phenoxy) is 3. The molecule has 35 heavy (non-hydrogen) atoms. The Morgan fingerprint density at radius 3 is 2.66 bits per heavy atom. The van der Waals surface area contributed by atoms with Crippen LogP contribution in [0.3, 0.4) is 0 Å². The maximum Gasteiger partial charge on any atom is 0.266 e. The number of thiocarbonyl (C=S) groups is 1. The number of nitrogens with zero attached hydrogens (tertiary/aromatic N) is 1. The van der Waals surface area contributed by atoms with Gasteiger partial charge in [0.05, 0.1) is 11.5 Å². The van der Waals surface area contributed by atoms with Crippen LogP contribution in [-0.4, -0.2) is 54.5 Å². The highest BCUT2D eigenvalue weighted by Gasteiger charge is 2.31. The maximum atomic E-state index is 12.8. The minimum Gasteiger partial charge on any atom is -0.490 e. The summed E-state index contributed by atoms with van der Waals surface area (Å²) in [6.45, 7) is 7.18. The molecule has 0 aromatic heterocycles. The zero-order valence-electron chi connectivity index (χ0n) is 20.4. The normalized spacial score (nSPS) is 14.5. The van der Waals surface area contributed by atoms with Crippen molar-refractivity contribution < 1.29 is 23.8 Å². The molecule has 2 aromatic rings. The molecule has 1 heterocycles. The summed E-state index contributed by atoms with van der Waals surface area (Å²) in [4.78, 5) is 27.3. The predicted molar refractivity (Wildman–Crippen MR) is 144 cm³/mol. The van der Waals surface area contributed by atoms with Crippen molar-refractivity contribution in [2.45, 2.75) is 27.2 Å². The van der Waals surface area contributed by atoms with Crippen LogP contribution in [0.5, 0.6) is 11.5 Å². The second kappa shape index (κ2) is 12.7. The highest BCUT2D eigenvalue weighted by atomic mass is 32.2. The van der Waals surface area contributed by atoms with Gasteiger partial charge in [0.2, 0.25) is 0 Å². The van der Waals surface area contributed by atoms with Gasteiger partial charge >= 0.3 is 0 Å². The molecule has 1 aliphatic heterocycles. The molecule has 0 radical (unpaired) electrons. The Morgan fingerprint density at radius 2 is 1.94 bits per heavy atom. The van der Waals surface area contributed by atoms with E-state index in [1.54, 1.807) is 30.2 Å². The van der Waals surface area contributed by atoms with E-state index in [1.807, 2.05) is 45.0 Å². The van der Waals surface area contributed by atoms with Crippen LogP contribution in [0.2, 0.25) is 0 Å². The van der Waals surface area contributed by atoms with Crippen LogP contribution in [-0.2, 0) is 14.3 Å². The van der Waals surface area contributed by atoms with E-state index in [1.165, 1.54) is 11.8 Å². The topological polar surface area (TPSA) is 77.1 Å². The summed E-state index contributed by atoms with van der Waals surface area (Å²) in [6.07, 6.45) is 2.50. The van der Waals surface area contributed by atoms with Crippen LogP contribution in [0, 0.1) is 13.8 Å². The van der Waals surface area contributed by atoms with E-state index in [0.29, 0.717) is 46.9 Å². The summed E-state index contributed by atoms with van der Waals surface area (Å²) in [6, 6.07) is 11.2. The fraction of sp³-hybridized carbons (Fsp3) is 0.346. The van der Waals surface area contributed by atoms with Crippen molar-refractivity contribution in [3.8, 4) is 11.5 Å². The lowest BCUT2D eigenvalue weighted by molar-refractivity contribution is -0.122. The first-order chi connectivity index (χ1) is 16.8. The molecule has 0 saturated carbocycles. The molecule has 3 rings (SSSR count). The molecule has 2 amide bonds. The van der Waals surface area contributed by atoms with E-state index >= 15 is 0 Å². The number of carbonyl (C=O) groups is 2. The molecule has 1 saturated heterocycles. The Labute approximate surface area is 215 Å². The number of hydrogen-bond donors (Lipinski definition) is 1. The van der Waals surface area contributed by atoms with E-state index in [4.69, 9.17) is 26.4 Å². The van der Waals surface area contributed by atoms with Crippen LogP contribution in [0.15, 0.2) is 41.3 Å². The minimum atomic E-state index is -0.263. The van der Waals surface area contributed by atoms with Gasteiger partial charge in [0.1, 0.15) is 4.32 Å².